The largest absolute Gasteiger partial charge is 0.462 e. The number of carbonyl (C=O) groups is 2. The van der Waals surface area contributed by atoms with Gasteiger partial charge in [-0.2, -0.15) is 0 Å². The molecule has 0 saturated carbocycles. The highest BCUT2D eigenvalue weighted by atomic mass is 16.6. The lowest BCUT2D eigenvalue weighted by molar-refractivity contribution is -0.161. The summed E-state index contributed by atoms with van der Waals surface area (Å²) in [5, 5.41) is 9.61. The highest BCUT2D eigenvalue weighted by Crippen LogP contribution is 2.15. The molecule has 0 rings (SSSR count). The van der Waals surface area contributed by atoms with E-state index < -0.39 is 6.10 Å². The van der Waals surface area contributed by atoms with Gasteiger partial charge in [0, 0.05) is 12.8 Å². The van der Waals surface area contributed by atoms with Crippen molar-refractivity contribution in [2.45, 2.75) is 225 Å². The van der Waals surface area contributed by atoms with Crippen molar-refractivity contribution in [3.63, 3.8) is 0 Å². The molecule has 5 nitrogen and oxygen atoms in total. The highest BCUT2D eigenvalue weighted by Gasteiger charge is 2.16. The first-order valence-electron chi connectivity index (χ1n) is 25.4. The molecule has 352 valence electrons. The van der Waals surface area contributed by atoms with E-state index in [0.717, 1.165) is 109 Å². The third-order valence-corrected chi connectivity index (χ3v) is 10.6. The Morgan fingerprint density at radius 3 is 0.968 bits per heavy atom. The van der Waals surface area contributed by atoms with Gasteiger partial charge in [-0.05, 0) is 96.3 Å². The SMILES string of the molecule is CC/C=C\C/C=C\C/C=C\C/C=C\C/C=C\C/C=C\CCCCCCCCCCCCCCCCC(=O)OC(CO)COC(=O)CCCCCCC/C=C\C/C=C\C/C=C\CC. The van der Waals surface area contributed by atoms with Crippen LogP contribution in [-0.4, -0.2) is 36.4 Å². The Morgan fingerprint density at radius 2 is 0.645 bits per heavy atom. The fourth-order valence-electron chi connectivity index (χ4n) is 6.81. The summed E-state index contributed by atoms with van der Waals surface area (Å²) in [6.07, 6.45) is 74.7. The highest BCUT2D eigenvalue weighted by molar-refractivity contribution is 5.70. The Labute approximate surface area is 382 Å². The Bertz CT molecular complexity index is 1250. The summed E-state index contributed by atoms with van der Waals surface area (Å²) in [7, 11) is 0. The van der Waals surface area contributed by atoms with Crippen LogP contribution in [0.3, 0.4) is 0 Å². The van der Waals surface area contributed by atoms with Crippen LogP contribution in [0.4, 0.5) is 0 Å². The summed E-state index contributed by atoms with van der Waals surface area (Å²) < 4.78 is 10.6. The zero-order valence-corrected chi connectivity index (χ0v) is 40.1. The quantitative estimate of drug-likeness (QED) is 0.0375. The van der Waals surface area contributed by atoms with E-state index in [4.69, 9.17) is 9.47 Å². The van der Waals surface area contributed by atoms with Crippen LogP contribution >= 0.6 is 0 Å². The fourth-order valence-corrected chi connectivity index (χ4v) is 6.81. The molecule has 0 aromatic heterocycles. The van der Waals surface area contributed by atoms with Crippen LogP contribution in [-0.2, 0) is 19.1 Å². The topological polar surface area (TPSA) is 72.8 Å². The lowest BCUT2D eigenvalue weighted by Gasteiger charge is -2.15. The molecule has 1 N–H and O–H groups in total. The van der Waals surface area contributed by atoms with Crippen molar-refractivity contribution >= 4 is 11.9 Å². The van der Waals surface area contributed by atoms with Crippen LogP contribution in [0.15, 0.2) is 109 Å². The molecule has 62 heavy (non-hydrogen) atoms. The predicted octanol–water partition coefficient (Wildman–Crippen LogP) is 17.0. The minimum atomic E-state index is -0.785. The van der Waals surface area contributed by atoms with Gasteiger partial charge < -0.3 is 14.6 Å². The average Bonchev–Trinajstić information content (AvgIpc) is 3.28. The van der Waals surface area contributed by atoms with E-state index in [2.05, 4.69) is 123 Å². The van der Waals surface area contributed by atoms with Crippen molar-refractivity contribution < 1.29 is 24.2 Å². The van der Waals surface area contributed by atoms with E-state index in [9.17, 15) is 14.7 Å². The zero-order valence-electron chi connectivity index (χ0n) is 40.1. The number of aliphatic hydroxyl groups excluding tert-OH is 1. The Hall–Kier alpha value is -3.44. The maximum atomic E-state index is 12.3. The van der Waals surface area contributed by atoms with E-state index in [1.165, 1.54) is 83.5 Å². The number of ether oxygens (including phenoxy) is 2. The van der Waals surface area contributed by atoms with Gasteiger partial charge in [-0.1, -0.05) is 220 Å². The van der Waals surface area contributed by atoms with Crippen molar-refractivity contribution in [1.29, 1.82) is 0 Å². The summed E-state index contributed by atoms with van der Waals surface area (Å²) in [5.74, 6) is -0.615. The molecule has 0 saturated heterocycles. The molecule has 0 bridgehead atoms. The first-order chi connectivity index (χ1) is 30.6. The van der Waals surface area contributed by atoms with Crippen LogP contribution < -0.4 is 0 Å². The molecule has 1 atom stereocenters. The Morgan fingerprint density at radius 1 is 0.371 bits per heavy atom. The van der Waals surface area contributed by atoms with Crippen molar-refractivity contribution in [2.24, 2.45) is 0 Å². The molecule has 0 aliphatic heterocycles. The first kappa shape index (κ1) is 58.6. The number of hydrogen-bond acceptors (Lipinski definition) is 5. The molecule has 1 unspecified atom stereocenters. The third-order valence-electron chi connectivity index (χ3n) is 10.6. The molecule has 0 spiro atoms. The van der Waals surface area contributed by atoms with Gasteiger partial charge in [0.25, 0.3) is 0 Å². The van der Waals surface area contributed by atoms with Gasteiger partial charge >= 0.3 is 11.9 Å². The summed E-state index contributed by atoms with van der Waals surface area (Å²) in [6.45, 7) is 3.89. The second-order valence-corrected chi connectivity index (χ2v) is 16.5. The minimum absolute atomic E-state index is 0.0796. The average molecular weight is 859 g/mol. The fraction of sp³-hybridized carbons (Fsp3) is 0.649. The zero-order chi connectivity index (χ0) is 44.9. The van der Waals surface area contributed by atoms with Crippen LogP contribution in [0, 0.1) is 0 Å². The van der Waals surface area contributed by atoms with E-state index in [1.54, 1.807) is 0 Å². The second-order valence-electron chi connectivity index (χ2n) is 16.5. The van der Waals surface area contributed by atoms with Crippen molar-refractivity contribution in [3.05, 3.63) is 109 Å². The maximum Gasteiger partial charge on any atom is 0.306 e. The molecular formula is C57H94O5. The van der Waals surface area contributed by atoms with Crippen LogP contribution in [0.5, 0.6) is 0 Å². The van der Waals surface area contributed by atoms with Gasteiger partial charge in [0.15, 0.2) is 6.10 Å². The molecule has 0 radical (unpaired) electrons. The molecule has 0 fully saturated rings. The van der Waals surface area contributed by atoms with Crippen molar-refractivity contribution in [1.82, 2.24) is 0 Å². The molecule has 0 aromatic carbocycles. The second kappa shape index (κ2) is 51.9. The summed E-state index contributed by atoms with van der Waals surface area (Å²) in [5.41, 5.74) is 0. The maximum absolute atomic E-state index is 12.3. The number of esters is 2. The van der Waals surface area contributed by atoms with E-state index in [-0.39, 0.29) is 25.2 Å². The molecule has 0 heterocycles. The molecule has 0 aliphatic rings. The first-order valence-corrected chi connectivity index (χ1v) is 25.4. The van der Waals surface area contributed by atoms with E-state index in [1.807, 2.05) is 0 Å². The Kier molecular flexibility index (Phi) is 49.0. The molecular weight excluding hydrogens is 765 g/mol. The standard InChI is InChI=1S/C57H94O5/c1-3-5-7-9-11-13-15-17-19-20-21-22-23-24-25-26-27-28-29-30-31-32-33-34-35-36-38-40-42-44-46-48-50-52-57(60)62-55(53-58)54-61-56(59)51-49-47-45-43-41-39-37-18-16-14-12-10-8-6-4-2/h5-8,11-14,17-19,21-22,24-25,27-28,37,55,58H,3-4,9-10,15-16,20,23,26,29-36,38-54H2,1-2H3/b7-5-,8-6-,13-11-,14-12-,19-17-,22-21-,25-24-,28-27-,37-18-. The minimum Gasteiger partial charge on any atom is -0.462 e. The van der Waals surface area contributed by atoms with Gasteiger partial charge in [-0.25, -0.2) is 0 Å². The van der Waals surface area contributed by atoms with E-state index in [0.29, 0.717) is 12.8 Å². The summed E-state index contributed by atoms with van der Waals surface area (Å²) >= 11 is 0. The molecule has 0 amide bonds. The number of rotatable bonds is 45. The molecule has 5 heteroatoms. The number of aliphatic hydroxyl groups is 1. The summed E-state index contributed by atoms with van der Waals surface area (Å²) in [4.78, 5) is 24.4. The van der Waals surface area contributed by atoms with Crippen LogP contribution in [0.25, 0.3) is 0 Å². The number of unbranched alkanes of at least 4 members (excludes halogenated alkanes) is 19. The van der Waals surface area contributed by atoms with Gasteiger partial charge in [-0.15, -0.1) is 0 Å². The summed E-state index contributed by atoms with van der Waals surface area (Å²) in [6, 6.07) is 0. The van der Waals surface area contributed by atoms with Gasteiger partial charge in [0.1, 0.15) is 6.61 Å². The normalized spacial score (nSPS) is 13.1. The van der Waals surface area contributed by atoms with Crippen LogP contribution in [0.2, 0.25) is 0 Å². The van der Waals surface area contributed by atoms with Crippen LogP contribution in [0.1, 0.15) is 219 Å². The molecule has 0 aliphatic carbocycles. The number of carbonyl (C=O) groups excluding carboxylic acids is 2. The van der Waals surface area contributed by atoms with Crippen molar-refractivity contribution in [3.8, 4) is 0 Å². The number of hydrogen-bond donors (Lipinski definition) is 1. The van der Waals surface area contributed by atoms with E-state index >= 15 is 0 Å². The monoisotopic (exact) mass is 859 g/mol. The Balaban J connectivity index is 3.53. The lowest BCUT2D eigenvalue weighted by Crippen LogP contribution is -2.28. The smallest absolute Gasteiger partial charge is 0.306 e. The number of allylic oxidation sites excluding steroid dienone is 18. The van der Waals surface area contributed by atoms with Gasteiger partial charge in [0.2, 0.25) is 0 Å². The van der Waals surface area contributed by atoms with Crippen molar-refractivity contribution in [2.75, 3.05) is 13.2 Å². The predicted molar refractivity (Wildman–Crippen MR) is 269 cm³/mol. The third kappa shape index (κ3) is 49.2. The molecule has 0 aromatic rings. The van der Waals surface area contributed by atoms with Gasteiger partial charge in [0.05, 0.1) is 6.61 Å². The lowest BCUT2D eigenvalue weighted by atomic mass is 10.0. The van der Waals surface area contributed by atoms with Gasteiger partial charge in [-0.3, -0.25) is 9.59 Å².